The fourth-order valence-electron chi connectivity index (χ4n) is 2.12. The van der Waals surface area contributed by atoms with E-state index in [1.165, 1.54) is 6.92 Å². The number of rotatable bonds is 3. The van der Waals surface area contributed by atoms with Crippen molar-refractivity contribution in [3.8, 4) is 16.9 Å². The van der Waals surface area contributed by atoms with Crippen LogP contribution in [0.1, 0.15) is 12.5 Å². The highest BCUT2D eigenvalue weighted by molar-refractivity contribution is 5.71. The summed E-state index contributed by atoms with van der Waals surface area (Å²) in [6, 6.07) is 0.613. The second kappa shape index (κ2) is 5.82. The second-order valence-electron chi connectivity index (χ2n) is 4.54. The summed E-state index contributed by atoms with van der Waals surface area (Å²) in [4.78, 5) is 9.62. The number of phenolic OH excluding ortho intramolecular Hbond substituents is 1. The van der Waals surface area contributed by atoms with Gasteiger partial charge >= 0.3 is 5.69 Å². The molecule has 0 saturated carbocycles. The molecule has 0 bridgehead atoms. The van der Waals surface area contributed by atoms with E-state index in [0.717, 1.165) is 0 Å². The molecular formula is C14H8F5NO3. The van der Waals surface area contributed by atoms with E-state index in [9.17, 15) is 37.2 Å². The Balaban J connectivity index is 2.90. The van der Waals surface area contributed by atoms with Gasteiger partial charge in [-0.3, -0.25) is 10.1 Å². The van der Waals surface area contributed by atoms with Gasteiger partial charge in [0.15, 0.2) is 23.2 Å². The largest absolute Gasteiger partial charge is 0.502 e. The van der Waals surface area contributed by atoms with Crippen LogP contribution >= 0.6 is 0 Å². The van der Waals surface area contributed by atoms with Crippen LogP contribution in [0, 0.1) is 39.2 Å². The molecule has 0 spiro atoms. The maximum atomic E-state index is 14.2. The van der Waals surface area contributed by atoms with E-state index in [4.69, 9.17) is 0 Å². The highest BCUT2D eigenvalue weighted by Gasteiger charge is 2.29. The molecule has 23 heavy (non-hydrogen) atoms. The molecule has 4 nitrogen and oxygen atoms in total. The number of halogens is 5. The quantitative estimate of drug-likeness (QED) is 0.301. The first-order chi connectivity index (χ1) is 10.7. The minimum Gasteiger partial charge on any atom is -0.502 e. The number of nitro groups is 1. The molecule has 0 unspecified atom stereocenters. The van der Waals surface area contributed by atoms with E-state index in [1.807, 2.05) is 0 Å². The van der Waals surface area contributed by atoms with Gasteiger partial charge in [-0.25, -0.2) is 22.0 Å². The van der Waals surface area contributed by atoms with Gasteiger partial charge in [-0.2, -0.15) is 0 Å². The highest BCUT2D eigenvalue weighted by atomic mass is 19.2. The van der Waals surface area contributed by atoms with Crippen LogP contribution < -0.4 is 0 Å². The minimum atomic E-state index is -2.02. The lowest BCUT2D eigenvalue weighted by Gasteiger charge is -2.12. The number of aromatic hydroxyl groups is 1. The Hall–Kier alpha value is -2.71. The highest BCUT2D eigenvalue weighted by Crippen LogP contribution is 2.38. The third-order valence-corrected chi connectivity index (χ3v) is 3.24. The predicted molar refractivity (Wildman–Crippen MR) is 69.4 cm³/mol. The predicted octanol–water partition coefficient (Wildman–Crippen LogP) is 4.23. The second-order valence-corrected chi connectivity index (χ2v) is 4.54. The van der Waals surface area contributed by atoms with Crippen LogP contribution in [0.5, 0.6) is 5.75 Å². The molecule has 0 aromatic heterocycles. The zero-order valence-corrected chi connectivity index (χ0v) is 11.5. The van der Waals surface area contributed by atoms with Crippen LogP contribution in [0.25, 0.3) is 11.1 Å². The Morgan fingerprint density at radius 1 is 1.04 bits per heavy atom. The van der Waals surface area contributed by atoms with Gasteiger partial charge in [0.05, 0.1) is 10.5 Å². The molecule has 0 aliphatic carbocycles. The van der Waals surface area contributed by atoms with Gasteiger partial charge in [-0.15, -0.1) is 0 Å². The molecule has 0 aliphatic heterocycles. The molecule has 1 N–H and O–H groups in total. The van der Waals surface area contributed by atoms with Crippen LogP contribution in [-0.2, 0) is 6.42 Å². The normalized spacial score (nSPS) is 10.9. The zero-order chi connectivity index (χ0) is 17.5. The summed E-state index contributed by atoms with van der Waals surface area (Å²) in [6.45, 7) is 1.26. The molecule has 0 saturated heterocycles. The van der Waals surface area contributed by atoms with E-state index in [-0.39, 0.29) is 12.5 Å². The third-order valence-electron chi connectivity index (χ3n) is 3.24. The van der Waals surface area contributed by atoms with Gasteiger partial charge in [0.25, 0.3) is 0 Å². The first-order valence-electron chi connectivity index (χ1n) is 6.22. The van der Waals surface area contributed by atoms with E-state index < -0.39 is 62.1 Å². The van der Waals surface area contributed by atoms with Gasteiger partial charge < -0.3 is 5.11 Å². The lowest BCUT2D eigenvalue weighted by molar-refractivity contribution is -0.385. The van der Waals surface area contributed by atoms with Crippen molar-refractivity contribution < 1.29 is 32.0 Å². The van der Waals surface area contributed by atoms with Crippen molar-refractivity contribution in [3.63, 3.8) is 0 Å². The molecule has 122 valence electrons. The molecular weight excluding hydrogens is 325 g/mol. The molecule has 9 heteroatoms. The van der Waals surface area contributed by atoms with Crippen LogP contribution in [-0.4, -0.2) is 10.0 Å². The fraction of sp³-hybridized carbons (Fsp3) is 0.143. The molecule has 0 atom stereocenters. The van der Waals surface area contributed by atoms with Crippen LogP contribution in [0.3, 0.4) is 0 Å². The van der Waals surface area contributed by atoms with Crippen LogP contribution in [0.4, 0.5) is 27.6 Å². The maximum absolute atomic E-state index is 14.2. The number of hydrogen-bond acceptors (Lipinski definition) is 3. The SMILES string of the molecule is CCc1c(F)c(F)c(F)c(-c2cc([N+](=O)[O-])c(O)cc2F)c1F. The Morgan fingerprint density at radius 3 is 2.17 bits per heavy atom. The Kier molecular flexibility index (Phi) is 4.22. The molecule has 0 heterocycles. The van der Waals surface area contributed by atoms with Gasteiger partial charge in [-0.05, 0) is 6.42 Å². The average Bonchev–Trinajstić information content (AvgIpc) is 2.47. The topological polar surface area (TPSA) is 63.4 Å². The summed E-state index contributed by atoms with van der Waals surface area (Å²) in [5, 5.41) is 20.0. The Bertz CT molecular complexity index is 823. The number of nitrogens with zero attached hydrogens (tertiary/aromatic N) is 1. The molecule has 2 rings (SSSR count). The standard InChI is InChI=1S/C14H8F5NO3/c1-2-5-11(16)10(13(18)14(19)12(5)17)6-3-8(20(22)23)9(21)4-7(6)15/h3-4,21H,2H2,1H3. The van der Waals surface area contributed by atoms with Crippen molar-refractivity contribution in [1.29, 1.82) is 0 Å². The summed E-state index contributed by atoms with van der Waals surface area (Å²) in [6.07, 6.45) is -0.357. The monoisotopic (exact) mass is 333 g/mol. The van der Waals surface area contributed by atoms with E-state index in [1.54, 1.807) is 0 Å². The lowest BCUT2D eigenvalue weighted by atomic mass is 9.98. The van der Waals surface area contributed by atoms with Gasteiger partial charge in [-0.1, -0.05) is 6.92 Å². The van der Waals surface area contributed by atoms with Crippen LogP contribution in [0.2, 0.25) is 0 Å². The van der Waals surface area contributed by atoms with Crippen molar-refractivity contribution in [1.82, 2.24) is 0 Å². The van der Waals surface area contributed by atoms with E-state index in [0.29, 0.717) is 6.07 Å². The van der Waals surface area contributed by atoms with Crippen LogP contribution in [0.15, 0.2) is 12.1 Å². The average molecular weight is 333 g/mol. The zero-order valence-electron chi connectivity index (χ0n) is 11.5. The number of hydrogen-bond donors (Lipinski definition) is 1. The third kappa shape index (κ3) is 2.58. The molecule has 0 radical (unpaired) electrons. The maximum Gasteiger partial charge on any atom is 0.311 e. The lowest BCUT2D eigenvalue weighted by Crippen LogP contribution is -2.06. The first kappa shape index (κ1) is 16.7. The molecule has 0 amide bonds. The van der Waals surface area contributed by atoms with Gasteiger partial charge in [0.1, 0.15) is 11.6 Å². The number of benzene rings is 2. The van der Waals surface area contributed by atoms with E-state index >= 15 is 0 Å². The fourth-order valence-corrected chi connectivity index (χ4v) is 2.12. The van der Waals surface area contributed by atoms with Crippen molar-refractivity contribution in [3.05, 3.63) is 56.9 Å². The van der Waals surface area contributed by atoms with Crippen molar-refractivity contribution >= 4 is 5.69 Å². The molecule has 0 fully saturated rings. The van der Waals surface area contributed by atoms with Crippen molar-refractivity contribution in [2.45, 2.75) is 13.3 Å². The number of phenols is 1. The molecule has 2 aromatic carbocycles. The minimum absolute atomic E-state index is 0.263. The summed E-state index contributed by atoms with van der Waals surface area (Å²) in [7, 11) is 0. The van der Waals surface area contributed by atoms with E-state index in [2.05, 4.69) is 0 Å². The van der Waals surface area contributed by atoms with Gasteiger partial charge in [0, 0.05) is 23.3 Å². The molecule has 2 aromatic rings. The van der Waals surface area contributed by atoms with Gasteiger partial charge in [0.2, 0.25) is 0 Å². The van der Waals surface area contributed by atoms with Crippen molar-refractivity contribution in [2.75, 3.05) is 0 Å². The summed E-state index contributed by atoms with van der Waals surface area (Å²) >= 11 is 0. The Morgan fingerprint density at radius 2 is 1.65 bits per heavy atom. The summed E-state index contributed by atoms with van der Waals surface area (Å²) < 4.78 is 69.0. The molecule has 0 aliphatic rings. The summed E-state index contributed by atoms with van der Waals surface area (Å²) in [5.74, 6) is -9.86. The van der Waals surface area contributed by atoms with Crippen molar-refractivity contribution in [2.24, 2.45) is 0 Å². The summed E-state index contributed by atoms with van der Waals surface area (Å²) in [5.41, 5.74) is -4.14. The smallest absolute Gasteiger partial charge is 0.311 e. The Labute approximate surface area is 125 Å². The first-order valence-corrected chi connectivity index (χ1v) is 6.22. The number of nitro benzene ring substituents is 1.